The summed E-state index contributed by atoms with van der Waals surface area (Å²) < 4.78 is 8.23. The molecule has 1 saturated heterocycles. The molecule has 1 aromatic carbocycles. The molecule has 1 unspecified atom stereocenters. The van der Waals surface area contributed by atoms with Gasteiger partial charge in [0, 0.05) is 31.5 Å². The first kappa shape index (κ1) is 27.1. The highest BCUT2D eigenvalue weighted by atomic mass is 16.5. The molecule has 3 aromatic heterocycles. The summed E-state index contributed by atoms with van der Waals surface area (Å²) in [6.07, 6.45) is 6.90. The normalized spacial score (nSPS) is 25.4. The number of aryl methyl sites for hydroxylation is 1. The highest BCUT2D eigenvalue weighted by Crippen LogP contribution is 2.38. The lowest BCUT2D eigenvalue weighted by Gasteiger charge is -2.46. The molecular weight excluding hydrogens is 504 g/mol. The van der Waals surface area contributed by atoms with Crippen molar-refractivity contribution in [2.75, 3.05) is 12.3 Å². The second-order valence-corrected chi connectivity index (χ2v) is 13.0. The predicted molar refractivity (Wildman–Crippen MR) is 156 cm³/mol. The van der Waals surface area contributed by atoms with Gasteiger partial charge in [-0.2, -0.15) is 0 Å². The number of ether oxygens (including phenoxy) is 1. The summed E-state index contributed by atoms with van der Waals surface area (Å²) >= 11 is 0. The minimum Gasteiger partial charge on any atom is -0.390 e. The van der Waals surface area contributed by atoms with Crippen molar-refractivity contribution in [1.82, 2.24) is 34.4 Å². The SMILES string of the molecule is CC(C)N(C[C@H]1O[C@@H](n2cnc3c(N)ncnc32)CC1O)C1CC(CCc2nc3ccc(C(C)(C)C)cc3[nH]2)C1. The Hall–Kier alpha value is -3.08. The molecule has 1 aliphatic heterocycles. The number of fused-ring (bicyclic) bond motifs is 2. The van der Waals surface area contributed by atoms with Gasteiger partial charge in [-0.05, 0) is 62.1 Å². The van der Waals surface area contributed by atoms with Gasteiger partial charge in [-0.1, -0.05) is 26.8 Å². The first-order valence-corrected chi connectivity index (χ1v) is 14.6. The van der Waals surface area contributed by atoms with E-state index in [4.69, 9.17) is 15.5 Å². The number of hydrogen-bond acceptors (Lipinski definition) is 8. The molecule has 6 rings (SSSR count). The Labute approximate surface area is 235 Å². The highest BCUT2D eigenvalue weighted by molar-refractivity contribution is 5.81. The van der Waals surface area contributed by atoms with Crippen molar-refractivity contribution >= 4 is 28.0 Å². The van der Waals surface area contributed by atoms with Crippen LogP contribution in [0.25, 0.3) is 22.2 Å². The summed E-state index contributed by atoms with van der Waals surface area (Å²) in [4.78, 5) is 23.6. The van der Waals surface area contributed by atoms with Crippen molar-refractivity contribution < 1.29 is 9.84 Å². The van der Waals surface area contributed by atoms with E-state index in [0.29, 0.717) is 47.9 Å². The lowest BCUT2D eigenvalue weighted by Crippen LogP contribution is -2.52. The van der Waals surface area contributed by atoms with E-state index in [1.54, 1.807) is 6.33 Å². The molecule has 10 nitrogen and oxygen atoms in total. The molecule has 0 radical (unpaired) electrons. The first-order valence-electron chi connectivity index (χ1n) is 14.6. The van der Waals surface area contributed by atoms with Gasteiger partial charge < -0.3 is 20.6 Å². The van der Waals surface area contributed by atoms with Gasteiger partial charge >= 0.3 is 0 Å². The average Bonchev–Trinajstić information content (AvgIpc) is 3.58. The summed E-state index contributed by atoms with van der Waals surface area (Å²) in [5.41, 5.74) is 10.8. The third-order valence-corrected chi connectivity index (χ3v) is 8.82. The number of aromatic nitrogens is 6. The van der Waals surface area contributed by atoms with E-state index >= 15 is 0 Å². The zero-order valence-corrected chi connectivity index (χ0v) is 24.2. The van der Waals surface area contributed by atoms with Crippen molar-refractivity contribution in [1.29, 1.82) is 0 Å². The highest BCUT2D eigenvalue weighted by Gasteiger charge is 2.41. The van der Waals surface area contributed by atoms with Crippen LogP contribution in [0.3, 0.4) is 0 Å². The number of aromatic amines is 1. The fourth-order valence-electron chi connectivity index (χ4n) is 6.32. The van der Waals surface area contributed by atoms with Crippen LogP contribution in [0.15, 0.2) is 30.9 Å². The molecule has 0 amide bonds. The molecule has 1 aliphatic carbocycles. The Bertz CT molecular complexity index is 1480. The van der Waals surface area contributed by atoms with Gasteiger partial charge in [-0.25, -0.2) is 19.9 Å². The summed E-state index contributed by atoms with van der Waals surface area (Å²) in [5.74, 6) is 2.12. The van der Waals surface area contributed by atoms with Crippen LogP contribution >= 0.6 is 0 Å². The van der Waals surface area contributed by atoms with Crippen LogP contribution in [0.1, 0.15) is 77.9 Å². The van der Waals surface area contributed by atoms with Crippen LogP contribution in [0.4, 0.5) is 5.82 Å². The van der Waals surface area contributed by atoms with Gasteiger partial charge in [-0.3, -0.25) is 9.47 Å². The van der Waals surface area contributed by atoms with Crippen LogP contribution < -0.4 is 5.73 Å². The number of benzene rings is 1. The Morgan fingerprint density at radius 1 is 1.18 bits per heavy atom. The van der Waals surface area contributed by atoms with Crippen molar-refractivity contribution in [3.63, 3.8) is 0 Å². The quantitative estimate of drug-likeness (QED) is 0.297. The number of nitrogen functional groups attached to an aromatic ring is 1. The van der Waals surface area contributed by atoms with E-state index in [0.717, 1.165) is 29.7 Å². The fraction of sp³-hybridized carbons (Fsp3) is 0.600. The topological polar surface area (TPSA) is 131 Å². The second kappa shape index (κ2) is 10.4. The van der Waals surface area contributed by atoms with Gasteiger partial charge in [0.1, 0.15) is 23.9 Å². The number of nitrogens with zero attached hydrogens (tertiary/aromatic N) is 6. The zero-order valence-electron chi connectivity index (χ0n) is 24.2. The molecule has 0 bridgehead atoms. The molecule has 40 heavy (non-hydrogen) atoms. The zero-order chi connectivity index (χ0) is 28.2. The number of H-pyrrole nitrogens is 1. The number of aliphatic hydroxyl groups excluding tert-OH is 1. The maximum absolute atomic E-state index is 10.9. The smallest absolute Gasteiger partial charge is 0.167 e. The van der Waals surface area contributed by atoms with Crippen molar-refractivity contribution in [3.05, 3.63) is 42.2 Å². The summed E-state index contributed by atoms with van der Waals surface area (Å²) in [5, 5.41) is 10.9. The van der Waals surface area contributed by atoms with Gasteiger partial charge in [0.05, 0.1) is 29.6 Å². The lowest BCUT2D eigenvalue weighted by atomic mass is 9.76. The predicted octanol–water partition coefficient (Wildman–Crippen LogP) is 4.35. The standard InChI is InChI=1S/C30H42N8O2/c1-17(2)37(14-24-23(39)13-26(40-24)38-16-34-27-28(31)32-15-33-29(27)38)20-10-18(11-20)6-9-25-35-21-8-7-19(30(3,4)5)12-22(21)36-25/h7-8,12,15-18,20,23-24,26,39H,6,9-11,13-14H2,1-5H3,(H,35,36)(H2,31,32,33)/t18?,20?,23?,24-,26-/m1/s1. The van der Waals surface area contributed by atoms with Crippen LogP contribution in [-0.2, 0) is 16.6 Å². The molecule has 2 aliphatic rings. The molecule has 1 saturated carbocycles. The van der Waals surface area contributed by atoms with Gasteiger partial charge in [0.25, 0.3) is 0 Å². The molecule has 2 fully saturated rings. The Morgan fingerprint density at radius 3 is 2.73 bits per heavy atom. The summed E-state index contributed by atoms with van der Waals surface area (Å²) in [6.45, 7) is 11.9. The first-order chi connectivity index (χ1) is 19.1. The maximum atomic E-state index is 10.9. The average molecular weight is 547 g/mol. The van der Waals surface area contributed by atoms with Crippen LogP contribution in [0, 0.1) is 5.92 Å². The molecule has 4 N–H and O–H groups in total. The van der Waals surface area contributed by atoms with E-state index in [-0.39, 0.29) is 17.7 Å². The van der Waals surface area contributed by atoms with E-state index in [2.05, 4.69) is 77.7 Å². The van der Waals surface area contributed by atoms with Crippen molar-refractivity contribution in [2.45, 2.75) is 103 Å². The molecule has 0 spiro atoms. The third-order valence-electron chi connectivity index (χ3n) is 8.82. The number of aliphatic hydroxyl groups is 1. The van der Waals surface area contributed by atoms with E-state index < -0.39 is 6.10 Å². The number of imidazole rings is 2. The van der Waals surface area contributed by atoms with Gasteiger partial charge in [0.15, 0.2) is 11.5 Å². The van der Waals surface area contributed by atoms with Gasteiger partial charge in [-0.15, -0.1) is 0 Å². The molecule has 4 heterocycles. The number of anilines is 1. The fourth-order valence-corrected chi connectivity index (χ4v) is 6.32. The minimum absolute atomic E-state index is 0.126. The Morgan fingerprint density at radius 2 is 1.98 bits per heavy atom. The van der Waals surface area contributed by atoms with E-state index in [1.165, 1.54) is 24.7 Å². The molecule has 3 atom stereocenters. The second-order valence-electron chi connectivity index (χ2n) is 13.0. The number of nitrogens with one attached hydrogen (secondary N) is 1. The number of hydrogen-bond donors (Lipinski definition) is 3. The number of rotatable bonds is 8. The van der Waals surface area contributed by atoms with Gasteiger partial charge in [0.2, 0.25) is 0 Å². The molecule has 10 heteroatoms. The maximum Gasteiger partial charge on any atom is 0.167 e. The lowest BCUT2D eigenvalue weighted by molar-refractivity contribution is -0.0579. The molecule has 214 valence electrons. The Kier molecular flexibility index (Phi) is 7.04. The Balaban J connectivity index is 1.04. The van der Waals surface area contributed by atoms with Crippen LogP contribution in [0.5, 0.6) is 0 Å². The monoisotopic (exact) mass is 546 g/mol. The van der Waals surface area contributed by atoms with Crippen molar-refractivity contribution in [2.24, 2.45) is 5.92 Å². The van der Waals surface area contributed by atoms with Crippen molar-refractivity contribution in [3.8, 4) is 0 Å². The van der Waals surface area contributed by atoms with E-state index in [9.17, 15) is 5.11 Å². The van der Waals surface area contributed by atoms with E-state index in [1.807, 2.05) is 4.57 Å². The molecular formula is C30H42N8O2. The number of nitrogens with two attached hydrogens (primary N) is 1. The largest absolute Gasteiger partial charge is 0.390 e. The third kappa shape index (κ3) is 5.20. The van der Waals surface area contributed by atoms with Crippen LogP contribution in [0.2, 0.25) is 0 Å². The minimum atomic E-state index is -0.550. The van der Waals surface area contributed by atoms with Crippen LogP contribution in [-0.4, -0.2) is 70.3 Å². The summed E-state index contributed by atoms with van der Waals surface area (Å²) in [6, 6.07) is 7.45. The summed E-state index contributed by atoms with van der Waals surface area (Å²) in [7, 11) is 0. The molecule has 4 aromatic rings.